The summed E-state index contributed by atoms with van der Waals surface area (Å²) in [4.78, 5) is 34.0. The highest BCUT2D eigenvalue weighted by atomic mass is 16.5. The number of hydrogen-bond donors (Lipinski definition) is 1. The molecule has 0 spiro atoms. The standard InChI is InChI=1S/C23H23N5O3/c1-13(2)28-19-9-6-15(10-18(19)24-23(28)30)21-25-22(31-26-21)16-11-20(29)27(12-16)17-7-4-14(3)5-8-17/h4-10,13,16H,11-12H2,1-3H3,(H,24,30). The van der Waals surface area contributed by atoms with Crippen molar-refractivity contribution in [3.63, 3.8) is 0 Å². The molecule has 2 aromatic heterocycles. The minimum absolute atomic E-state index is 0.0441. The first kappa shape index (κ1) is 19.3. The van der Waals surface area contributed by atoms with Crippen LogP contribution in [0.1, 0.15) is 43.7 Å². The van der Waals surface area contributed by atoms with Crippen LogP contribution in [0.5, 0.6) is 0 Å². The van der Waals surface area contributed by atoms with E-state index in [2.05, 4.69) is 15.1 Å². The summed E-state index contributed by atoms with van der Waals surface area (Å²) in [5.74, 6) is 0.783. The molecule has 0 saturated carbocycles. The van der Waals surface area contributed by atoms with Crippen LogP contribution in [-0.2, 0) is 4.79 Å². The molecule has 8 heteroatoms. The van der Waals surface area contributed by atoms with Gasteiger partial charge in [-0.15, -0.1) is 0 Å². The largest absolute Gasteiger partial charge is 0.339 e. The zero-order valence-corrected chi connectivity index (χ0v) is 17.6. The summed E-state index contributed by atoms with van der Waals surface area (Å²) in [6, 6.07) is 13.6. The van der Waals surface area contributed by atoms with Gasteiger partial charge >= 0.3 is 5.69 Å². The van der Waals surface area contributed by atoms with Crippen molar-refractivity contribution in [1.82, 2.24) is 19.7 Å². The second-order valence-corrected chi connectivity index (χ2v) is 8.32. The number of amides is 1. The highest BCUT2D eigenvalue weighted by molar-refractivity contribution is 5.96. The summed E-state index contributed by atoms with van der Waals surface area (Å²) in [6.07, 6.45) is 0.332. The Kier molecular flexibility index (Phi) is 4.50. The molecule has 1 atom stereocenters. The number of rotatable bonds is 4. The van der Waals surface area contributed by atoms with E-state index in [-0.39, 0.29) is 23.6 Å². The molecule has 31 heavy (non-hydrogen) atoms. The molecule has 2 aromatic carbocycles. The van der Waals surface area contributed by atoms with E-state index in [4.69, 9.17) is 4.52 Å². The molecule has 158 valence electrons. The average molecular weight is 417 g/mol. The number of nitrogens with one attached hydrogen (secondary N) is 1. The van der Waals surface area contributed by atoms with E-state index in [0.717, 1.165) is 27.8 Å². The Balaban J connectivity index is 1.41. The molecule has 1 fully saturated rings. The number of hydrogen-bond acceptors (Lipinski definition) is 5. The maximum atomic E-state index is 12.6. The van der Waals surface area contributed by atoms with Crippen molar-refractivity contribution >= 4 is 22.6 Å². The topological polar surface area (TPSA) is 97.0 Å². The molecular formula is C23H23N5O3. The predicted molar refractivity (Wildman–Crippen MR) is 117 cm³/mol. The lowest BCUT2D eigenvalue weighted by atomic mass is 10.1. The van der Waals surface area contributed by atoms with Crippen molar-refractivity contribution in [2.75, 3.05) is 11.4 Å². The van der Waals surface area contributed by atoms with Gasteiger partial charge in [-0.05, 0) is 51.1 Å². The first-order valence-electron chi connectivity index (χ1n) is 10.4. The van der Waals surface area contributed by atoms with Gasteiger partial charge in [0, 0.05) is 30.3 Å². The fraction of sp³-hybridized carbons (Fsp3) is 0.304. The molecule has 1 amide bonds. The number of nitrogens with zero attached hydrogens (tertiary/aromatic N) is 4. The number of imidazole rings is 1. The van der Waals surface area contributed by atoms with Crippen molar-refractivity contribution in [3.8, 4) is 11.4 Å². The lowest BCUT2D eigenvalue weighted by molar-refractivity contribution is -0.117. The molecule has 3 heterocycles. The van der Waals surface area contributed by atoms with Crippen molar-refractivity contribution in [2.24, 2.45) is 0 Å². The Morgan fingerprint density at radius 2 is 1.90 bits per heavy atom. The number of aryl methyl sites for hydroxylation is 1. The molecule has 1 aliphatic heterocycles. The quantitative estimate of drug-likeness (QED) is 0.545. The first-order chi connectivity index (χ1) is 14.9. The molecule has 0 radical (unpaired) electrons. The van der Waals surface area contributed by atoms with Gasteiger partial charge in [0.2, 0.25) is 17.6 Å². The molecule has 0 bridgehead atoms. The summed E-state index contributed by atoms with van der Waals surface area (Å²) in [6.45, 7) is 6.46. The van der Waals surface area contributed by atoms with Crippen molar-refractivity contribution in [1.29, 1.82) is 0 Å². The number of fused-ring (bicyclic) bond motifs is 1. The second kappa shape index (κ2) is 7.23. The van der Waals surface area contributed by atoms with E-state index in [1.807, 2.05) is 63.2 Å². The van der Waals surface area contributed by atoms with Gasteiger partial charge in [-0.25, -0.2) is 4.79 Å². The zero-order valence-electron chi connectivity index (χ0n) is 17.6. The number of carbonyl (C=O) groups is 1. The van der Waals surface area contributed by atoms with Crippen LogP contribution in [0.2, 0.25) is 0 Å². The second-order valence-electron chi connectivity index (χ2n) is 8.32. The summed E-state index contributed by atoms with van der Waals surface area (Å²) < 4.78 is 7.23. The Labute approximate surface area is 178 Å². The third kappa shape index (κ3) is 3.34. The monoisotopic (exact) mass is 417 g/mol. The van der Waals surface area contributed by atoms with E-state index in [1.54, 1.807) is 9.47 Å². The molecule has 1 aliphatic rings. The fourth-order valence-corrected chi connectivity index (χ4v) is 4.15. The van der Waals surface area contributed by atoms with Crippen molar-refractivity contribution in [2.45, 2.75) is 39.2 Å². The molecule has 1 saturated heterocycles. The third-order valence-corrected chi connectivity index (χ3v) is 5.75. The van der Waals surface area contributed by atoms with Crippen LogP contribution < -0.4 is 10.6 Å². The van der Waals surface area contributed by atoms with Crippen LogP contribution in [0.4, 0.5) is 5.69 Å². The van der Waals surface area contributed by atoms with Gasteiger partial charge in [0.25, 0.3) is 0 Å². The minimum Gasteiger partial charge on any atom is -0.339 e. The van der Waals surface area contributed by atoms with Crippen LogP contribution in [0.15, 0.2) is 51.8 Å². The number of benzene rings is 2. The highest BCUT2D eigenvalue weighted by Gasteiger charge is 2.35. The maximum Gasteiger partial charge on any atom is 0.326 e. The molecule has 5 rings (SSSR count). The number of aromatic nitrogens is 4. The van der Waals surface area contributed by atoms with Gasteiger partial charge in [0.05, 0.1) is 17.0 Å². The molecule has 0 aliphatic carbocycles. The smallest absolute Gasteiger partial charge is 0.326 e. The number of anilines is 1. The van der Waals surface area contributed by atoms with E-state index < -0.39 is 0 Å². The van der Waals surface area contributed by atoms with Gasteiger partial charge < -0.3 is 14.4 Å². The fourth-order valence-electron chi connectivity index (χ4n) is 4.15. The van der Waals surface area contributed by atoms with Gasteiger partial charge in [0.15, 0.2) is 0 Å². The molecule has 8 nitrogen and oxygen atoms in total. The highest BCUT2D eigenvalue weighted by Crippen LogP contribution is 2.32. The van der Waals surface area contributed by atoms with E-state index in [9.17, 15) is 9.59 Å². The van der Waals surface area contributed by atoms with Gasteiger partial charge in [-0.2, -0.15) is 4.98 Å². The van der Waals surface area contributed by atoms with Gasteiger partial charge in [-0.1, -0.05) is 22.9 Å². The molecule has 1 unspecified atom stereocenters. The lowest BCUT2D eigenvalue weighted by Crippen LogP contribution is -2.24. The Morgan fingerprint density at radius 1 is 1.13 bits per heavy atom. The zero-order chi connectivity index (χ0) is 21.7. The average Bonchev–Trinajstić information content (AvgIpc) is 3.44. The van der Waals surface area contributed by atoms with Crippen molar-refractivity contribution in [3.05, 3.63) is 64.4 Å². The van der Waals surface area contributed by atoms with Crippen LogP contribution in [0, 0.1) is 6.92 Å². The van der Waals surface area contributed by atoms with Gasteiger partial charge in [-0.3, -0.25) is 9.36 Å². The molecule has 1 N–H and O–H groups in total. The van der Waals surface area contributed by atoms with E-state index in [1.165, 1.54) is 0 Å². The van der Waals surface area contributed by atoms with Crippen LogP contribution in [0.3, 0.4) is 0 Å². The number of H-pyrrole nitrogens is 1. The maximum absolute atomic E-state index is 12.6. The predicted octanol–water partition coefficient (Wildman–Crippen LogP) is 3.79. The first-order valence-corrected chi connectivity index (χ1v) is 10.4. The Bertz CT molecular complexity index is 1330. The SMILES string of the molecule is Cc1ccc(N2CC(c3nc(-c4ccc5c(c4)[nH]c(=O)n5C(C)C)no3)CC2=O)cc1. The van der Waals surface area contributed by atoms with E-state index >= 15 is 0 Å². The van der Waals surface area contributed by atoms with Crippen LogP contribution >= 0.6 is 0 Å². The van der Waals surface area contributed by atoms with E-state index in [0.29, 0.717) is 24.7 Å². The summed E-state index contributed by atoms with van der Waals surface area (Å²) in [7, 11) is 0. The summed E-state index contributed by atoms with van der Waals surface area (Å²) in [5, 5.41) is 4.12. The summed E-state index contributed by atoms with van der Waals surface area (Å²) in [5.41, 5.74) is 4.19. The van der Waals surface area contributed by atoms with Crippen LogP contribution in [-0.4, -0.2) is 32.1 Å². The van der Waals surface area contributed by atoms with Crippen LogP contribution in [0.25, 0.3) is 22.4 Å². The third-order valence-electron chi connectivity index (χ3n) is 5.75. The minimum atomic E-state index is -0.152. The number of aromatic amines is 1. The Morgan fingerprint density at radius 3 is 2.65 bits per heavy atom. The van der Waals surface area contributed by atoms with Crippen molar-refractivity contribution < 1.29 is 9.32 Å². The van der Waals surface area contributed by atoms with Gasteiger partial charge in [0.1, 0.15) is 0 Å². The summed E-state index contributed by atoms with van der Waals surface area (Å²) >= 11 is 0. The normalized spacial score (nSPS) is 16.7. The Hall–Kier alpha value is -3.68. The molecule has 4 aromatic rings. The number of carbonyl (C=O) groups excluding carboxylic acids is 1. The lowest BCUT2D eigenvalue weighted by Gasteiger charge is -2.16. The molecular weight excluding hydrogens is 394 g/mol.